The Labute approximate surface area is 109 Å². The maximum Gasteiger partial charge on any atom is 0.103 e. The van der Waals surface area contributed by atoms with Gasteiger partial charge in [0.2, 0.25) is 0 Å². The molecule has 0 amide bonds. The van der Waals surface area contributed by atoms with E-state index in [1.165, 1.54) is 30.4 Å². The lowest BCUT2D eigenvalue weighted by Gasteiger charge is -2.35. The van der Waals surface area contributed by atoms with Crippen LogP contribution in [0.1, 0.15) is 36.0 Å². The van der Waals surface area contributed by atoms with Crippen LogP contribution in [0.3, 0.4) is 0 Å². The van der Waals surface area contributed by atoms with E-state index >= 15 is 0 Å². The van der Waals surface area contributed by atoms with Crippen molar-refractivity contribution in [2.45, 2.75) is 38.8 Å². The second kappa shape index (κ2) is 5.15. The van der Waals surface area contributed by atoms with Gasteiger partial charge in [-0.2, -0.15) is 0 Å². The Kier molecular flexibility index (Phi) is 3.79. The van der Waals surface area contributed by atoms with E-state index in [2.05, 4.69) is 31.0 Å². The van der Waals surface area contributed by atoms with Gasteiger partial charge in [0.25, 0.3) is 0 Å². The highest BCUT2D eigenvalue weighted by Gasteiger charge is 2.22. The van der Waals surface area contributed by atoms with Gasteiger partial charge < -0.3 is 5.73 Å². The summed E-state index contributed by atoms with van der Waals surface area (Å²) in [7, 11) is 2.21. The van der Waals surface area contributed by atoms with E-state index in [1.807, 2.05) is 6.07 Å². The largest absolute Gasteiger partial charge is 0.389 e. The summed E-state index contributed by atoms with van der Waals surface area (Å²) >= 11 is 4.99. The lowest BCUT2D eigenvalue weighted by atomic mass is 9.91. The van der Waals surface area contributed by atoms with Gasteiger partial charge in [-0.15, -0.1) is 0 Å². The van der Waals surface area contributed by atoms with E-state index in [4.69, 9.17) is 18.0 Å². The van der Waals surface area contributed by atoms with Gasteiger partial charge in [-0.05, 0) is 44.0 Å². The number of hydrogen-bond donors (Lipinski definition) is 1. The molecule has 17 heavy (non-hydrogen) atoms. The first-order valence-corrected chi connectivity index (χ1v) is 6.58. The smallest absolute Gasteiger partial charge is 0.103 e. The van der Waals surface area contributed by atoms with Gasteiger partial charge in [-0.25, -0.2) is 0 Å². The second-order valence-electron chi connectivity index (χ2n) is 5.01. The molecule has 1 aliphatic rings. The lowest BCUT2D eigenvalue weighted by Crippen LogP contribution is -2.36. The third-order valence-corrected chi connectivity index (χ3v) is 3.98. The minimum absolute atomic E-state index is 0.479. The third kappa shape index (κ3) is 2.85. The Morgan fingerprint density at radius 3 is 2.65 bits per heavy atom. The molecule has 0 unspecified atom stereocenters. The average Bonchev–Trinajstić information content (AvgIpc) is 2.18. The first-order chi connectivity index (χ1) is 8.08. The molecule has 92 valence electrons. The predicted molar refractivity (Wildman–Crippen MR) is 76.2 cm³/mol. The van der Waals surface area contributed by atoms with Crippen molar-refractivity contribution in [2.75, 3.05) is 7.05 Å². The van der Waals surface area contributed by atoms with E-state index in [0.29, 0.717) is 4.99 Å². The highest BCUT2D eigenvalue weighted by molar-refractivity contribution is 7.80. The molecule has 0 saturated heterocycles. The number of thiocarbonyl (C=S) groups is 1. The molecule has 1 fully saturated rings. The fraction of sp³-hybridized carbons (Fsp3) is 0.500. The Bertz CT molecular complexity index is 424. The maximum absolute atomic E-state index is 5.63. The van der Waals surface area contributed by atoms with Crippen LogP contribution < -0.4 is 5.73 Å². The average molecular weight is 248 g/mol. The van der Waals surface area contributed by atoms with Gasteiger partial charge in [0, 0.05) is 18.2 Å². The van der Waals surface area contributed by atoms with Crippen LogP contribution in [0, 0.1) is 6.92 Å². The fourth-order valence-electron chi connectivity index (χ4n) is 2.25. The van der Waals surface area contributed by atoms with Crippen LogP contribution in [-0.4, -0.2) is 23.0 Å². The van der Waals surface area contributed by atoms with Crippen molar-refractivity contribution < 1.29 is 0 Å². The normalized spacial score (nSPS) is 15.9. The van der Waals surface area contributed by atoms with Gasteiger partial charge in [-0.1, -0.05) is 30.8 Å². The molecule has 0 bridgehead atoms. The topological polar surface area (TPSA) is 29.3 Å². The summed E-state index contributed by atoms with van der Waals surface area (Å²) in [6.07, 6.45) is 4.08. The van der Waals surface area contributed by atoms with E-state index in [9.17, 15) is 0 Å². The summed E-state index contributed by atoms with van der Waals surface area (Å²) in [6, 6.07) is 7.05. The van der Waals surface area contributed by atoms with Crippen LogP contribution in [0.15, 0.2) is 18.2 Å². The predicted octanol–water partition coefficient (Wildman–Crippen LogP) is 2.61. The summed E-state index contributed by atoms with van der Waals surface area (Å²) in [5.74, 6) is 0. The van der Waals surface area contributed by atoms with Crippen LogP contribution in [0.4, 0.5) is 0 Å². The van der Waals surface area contributed by atoms with Gasteiger partial charge in [-0.3, -0.25) is 4.90 Å². The number of nitrogens with two attached hydrogens (primary N) is 1. The number of hydrogen-bond acceptors (Lipinski definition) is 2. The van der Waals surface area contributed by atoms with E-state index < -0.39 is 0 Å². The van der Waals surface area contributed by atoms with Crippen LogP contribution in [0.2, 0.25) is 0 Å². The molecule has 0 atom stereocenters. The summed E-state index contributed by atoms with van der Waals surface area (Å²) in [6.45, 7) is 3.15. The van der Waals surface area contributed by atoms with Gasteiger partial charge in [0.05, 0.1) is 0 Å². The van der Waals surface area contributed by atoms with Crippen LogP contribution in [-0.2, 0) is 6.54 Å². The second-order valence-corrected chi connectivity index (χ2v) is 5.45. The summed E-state index contributed by atoms with van der Waals surface area (Å²) < 4.78 is 0. The zero-order valence-electron chi connectivity index (χ0n) is 10.6. The molecule has 1 saturated carbocycles. The van der Waals surface area contributed by atoms with Gasteiger partial charge in [0.15, 0.2) is 0 Å². The first-order valence-electron chi connectivity index (χ1n) is 6.17. The van der Waals surface area contributed by atoms with Gasteiger partial charge >= 0.3 is 0 Å². The number of benzene rings is 1. The molecule has 0 spiro atoms. The molecule has 1 aromatic carbocycles. The highest BCUT2D eigenvalue weighted by atomic mass is 32.1. The van der Waals surface area contributed by atoms with Crippen molar-refractivity contribution in [2.24, 2.45) is 5.73 Å². The van der Waals surface area contributed by atoms with E-state index in [-0.39, 0.29) is 0 Å². The fourth-order valence-corrected chi connectivity index (χ4v) is 2.38. The molecular weight excluding hydrogens is 228 g/mol. The Hall–Kier alpha value is -0.930. The first kappa shape index (κ1) is 12.5. The lowest BCUT2D eigenvalue weighted by molar-refractivity contribution is 0.152. The standard InChI is InChI=1S/C14H20N2S/c1-10-8-11(14(15)17)6-7-12(10)9-16(2)13-4-3-5-13/h6-8,13H,3-5,9H2,1-2H3,(H2,15,17). The quantitative estimate of drug-likeness (QED) is 0.831. The van der Waals surface area contributed by atoms with Crippen molar-refractivity contribution in [1.29, 1.82) is 0 Å². The summed E-state index contributed by atoms with van der Waals surface area (Å²) in [5, 5.41) is 0. The molecule has 0 aliphatic heterocycles. The molecule has 1 aliphatic carbocycles. The minimum Gasteiger partial charge on any atom is -0.389 e. The van der Waals surface area contributed by atoms with Crippen LogP contribution in [0.25, 0.3) is 0 Å². The van der Waals surface area contributed by atoms with Crippen LogP contribution >= 0.6 is 12.2 Å². The van der Waals surface area contributed by atoms with Crippen molar-refractivity contribution in [1.82, 2.24) is 4.90 Å². The minimum atomic E-state index is 0.479. The van der Waals surface area contributed by atoms with Crippen molar-refractivity contribution >= 4 is 17.2 Å². The highest BCUT2D eigenvalue weighted by Crippen LogP contribution is 2.25. The van der Waals surface area contributed by atoms with Crippen LogP contribution in [0.5, 0.6) is 0 Å². The Balaban J connectivity index is 2.07. The molecular formula is C14H20N2S. The third-order valence-electron chi connectivity index (χ3n) is 3.74. The Morgan fingerprint density at radius 1 is 1.47 bits per heavy atom. The number of nitrogens with zero attached hydrogens (tertiary/aromatic N) is 1. The molecule has 0 aromatic heterocycles. The summed E-state index contributed by atoms with van der Waals surface area (Å²) in [4.78, 5) is 2.93. The molecule has 2 nitrogen and oxygen atoms in total. The number of aryl methyl sites for hydroxylation is 1. The molecule has 3 heteroatoms. The zero-order valence-corrected chi connectivity index (χ0v) is 11.4. The maximum atomic E-state index is 5.63. The summed E-state index contributed by atoms with van der Waals surface area (Å²) in [5.41, 5.74) is 9.25. The van der Waals surface area contributed by atoms with Crippen molar-refractivity contribution in [3.63, 3.8) is 0 Å². The zero-order chi connectivity index (χ0) is 12.4. The van der Waals surface area contributed by atoms with E-state index in [0.717, 1.165) is 18.2 Å². The number of rotatable bonds is 4. The molecule has 0 heterocycles. The SMILES string of the molecule is Cc1cc(C(N)=S)ccc1CN(C)C1CCC1. The molecule has 2 rings (SSSR count). The molecule has 2 N–H and O–H groups in total. The monoisotopic (exact) mass is 248 g/mol. The molecule has 1 aromatic rings. The van der Waals surface area contributed by atoms with Gasteiger partial charge in [0.1, 0.15) is 4.99 Å². The van der Waals surface area contributed by atoms with Crippen molar-refractivity contribution in [3.05, 3.63) is 34.9 Å². The van der Waals surface area contributed by atoms with E-state index in [1.54, 1.807) is 0 Å². The molecule has 0 radical (unpaired) electrons. The Morgan fingerprint density at radius 2 is 2.18 bits per heavy atom. The van der Waals surface area contributed by atoms with Crippen molar-refractivity contribution in [3.8, 4) is 0 Å².